The maximum atomic E-state index is 6.01. The molecule has 0 radical (unpaired) electrons. The van der Waals surface area contributed by atoms with Gasteiger partial charge in [0.2, 0.25) is 0 Å². The highest BCUT2D eigenvalue weighted by Crippen LogP contribution is 2.33. The molecule has 1 aromatic rings. The molecule has 1 heterocycles. The van der Waals surface area contributed by atoms with Crippen molar-refractivity contribution < 1.29 is 0 Å². The third-order valence-corrected chi connectivity index (χ3v) is 5.47. The number of aryl methyl sites for hydroxylation is 1. The zero-order chi connectivity index (χ0) is 13.1. The molecule has 1 aromatic heterocycles. The van der Waals surface area contributed by atoms with Crippen molar-refractivity contribution >= 4 is 11.3 Å². The van der Waals surface area contributed by atoms with Crippen LogP contribution in [0.4, 0.5) is 0 Å². The van der Waals surface area contributed by atoms with Gasteiger partial charge in [0.1, 0.15) is 0 Å². The highest BCUT2D eigenvalue weighted by Gasteiger charge is 2.27. The smallest absolute Gasteiger partial charge is 0.0564 e. The second-order valence-electron chi connectivity index (χ2n) is 5.78. The summed E-state index contributed by atoms with van der Waals surface area (Å²) in [4.78, 5) is 5.34. The molecule has 2 rings (SSSR count). The van der Waals surface area contributed by atoms with E-state index >= 15 is 0 Å². The van der Waals surface area contributed by atoms with Crippen molar-refractivity contribution in [2.45, 2.75) is 51.6 Å². The molecule has 1 aliphatic carbocycles. The molecule has 0 saturated heterocycles. The third kappa shape index (κ3) is 3.14. The Bertz CT molecular complexity index is 366. The zero-order valence-electron chi connectivity index (χ0n) is 11.9. The summed E-state index contributed by atoms with van der Waals surface area (Å²) < 4.78 is 0. The summed E-state index contributed by atoms with van der Waals surface area (Å²) in [6.07, 6.45) is 5.41. The first-order valence-electron chi connectivity index (χ1n) is 7.10. The van der Waals surface area contributed by atoms with Crippen LogP contribution in [0.1, 0.15) is 48.4 Å². The summed E-state index contributed by atoms with van der Waals surface area (Å²) in [6, 6.07) is 5.58. The van der Waals surface area contributed by atoms with E-state index in [9.17, 15) is 0 Å². The summed E-state index contributed by atoms with van der Waals surface area (Å²) in [5.74, 6) is 0.912. The van der Waals surface area contributed by atoms with Crippen LogP contribution in [-0.2, 0) is 0 Å². The molecule has 0 amide bonds. The van der Waals surface area contributed by atoms with E-state index in [-0.39, 0.29) is 0 Å². The van der Waals surface area contributed by atoms with Crippen molar-refractivity contribution in [1.82, 2.24) is 4.90 Å². The lowest BCUT2D eigenvalue weighted by Gasteiger charge is -2.37. The number of thiophene rings is 1. The Balaban J connectivity index is 2.03. The van der Waals surface area contributed by atoms with Crippen molar-refractivity contribution in [3.8, 4) is 0 Å². The van der Waals surface area contributed by atoms with E-state index in [0.29, 0.717) is 6.04 Å². The predicted molar refractivity (Wildman–Crippen MR) is 80.0 cm³/mol. The van der Waals surface area contributed by atoms with Crippen molar-refractivity contribution in [3.63, 3.8) is 0 Å². The van der Waals surface area contributed by atoms with E-state index in [4.69, 9.17) is 5.73 Å². The lowest BCUT2D eigenvalue weighted by Crippen LogP contribution is -2.40. The minimum Gasteiger partial charge on any atom is -0.329 e. The molecule has 1 fully saturated rings. The van der Waals surface area contributed by atoms with Gasteiger partial charge in [-0.15, -0.1) is 11.3 Å². The molecule has 2 nitrogen and oxygen atoms in total. The standard InChI is InChI=1S/C15H26N2S/c1-11-4-7-13(8-5-11)17(3)14(10-16)15-9-6-12(2)18-15/h6,9,11,13-14H,4-5,7-8,10,16H2,1-3H3. The van der Waals surface area contributed by atoms with Gasteiger partial charge < -0.3 is 5.73 Å². The van der Waals surface area contributed by atoms with E-state index in [0.717, 1.165) is 18.5 Å². The summed E-state index contributed by atoms with van der Waals surface area (Å²) in [5.41, 5.74) is 6.01. The molecule has 18 heavy (non-hydrogen) atoms. The van der Waals surface area contributed by atoms with Gasteiger partial charge in [-0.25, -0.2) is 0 Å². The molecule has 1 saturated carbocycles. The second-order valence-corrected chi connectivity index (χ2v) is 7.10. The molecular formula is C15H26N2S. The van der Waals surface area contributed by atoms with Gasteiger partial charge in [-0.05, 0) is 57.7 Å². The van der Waals surface area contributed by atoms with Crippen LogP contribution in [0.25, 0.3) is 0 Å². The van der Waals surface area contributed by atoms with Gasteiger partial charge >= 0.3 is 0 Å². The number of nitrogens with two attached hydrogens (primary N) is 1. The molecule has 2 N–H and O–H groups in total. The van der Waals surface area contributed by atoms with Gasteiger partial charge in [0.25, 0.3) is 0 Å². The largest absolute Gasteiger partial charge is 0.329 e. The van der Waals surface area contributed by atoms with Crippen LogP contribution in [0.3, 0.4) is 0 Å². The maximum absolute atomic E-state index is 6.01. The Kier molecular flexibility index (Phi) is 4.82. The highest BCUT2D eigenvalue weighted by atomic mass is 32.1. The molecule has 1 unspecified atom stereocenters. The Morgan fingerprint density at radius 2 is 2.00 bits per heavy atom. The minimum atomic E-state index is 0.405. The number of likely N-dealkylation sites (N-methyl/N-ethyl adjacent to an activating group) is 1. The normalized spacial score (nSPS) is 26.5. The van der Waals surface area contributed by atoms with Crippen molar-refractivity contribution in [1.29, 1.82) is 0 Å². The first kappa shape index (κ1) is 14.0. The van der Waals surface area contributed by atoms with Crippen LogP contribution in [0.2, 0.25) is 0 Å². The fourth-order valence-electron chi connectivity index (χ4n) is 3.02. The molecule has 102 valence electrons. The molecule has 1 atom stereocenters. The molecule has 0 aromatic carbocycles. The third-order valence-electron chi connectivity index (χ3n) is 4.37. The molecule has 1 aliphatic rings. The molecule has 0 aliphatic heterocycles. The monoisotopic (exact) mass is 266 g/mol. The van der Waals surface area contributed by atoms with Gasteiger partial charge in [0.05, 0.1) is 6.04 Å². The highest BCUT2D eigenvalue weighted by molar-refractivity contribution is 7.12. The Morgan fingerprint density at radius 1 is 1.33 bits per heavy atom. The summed E-state index contributed by atoms with van der Waals surface area (Å²) >= 11 is 1.89. The summed E-state index contributed by atoms with van der Waals surface area (Å²) in [6.45, 7) is 5.27. The fraction of sp³-hybridized carbons (Fsp3) is 0.733. The van der Waals surface area contributed by atoms with Gasteiger partial charge in [-0.3, -0.25) is 4.90 Å². The number of rotatable bonds is 4. The van der Waals surface area contributed by atoms with E-state index in [1.54, 1.807) is 0 Å². The average molecular weight is 266 g/mol. The Hall–Kier alpha value is -0.380. The maximum Gasteiger partial charge on any atom is 0.0564 e. The van der Waals surface area contributed by atoms with Crippen LogP contribution in [0.15, 0.2) is 12.1 Å². The van der Waals surface area contributed by atoms with Crippen molar-refractivity contribution in [3.05, 3.63) is 21.9 Å². The van der Waals surface area contributed by atoms with Crippen molar-refractivity contribution in [2.75, 3.05) is 13.6 Å². The first-order valence-corrected chi connectivity index (χ1v) is 7.91. The molecule has 0 bridgehead atoms. The predicted octanol–water partition coefficient (Wildman–Crippen LogP) is 3.57. The lowest BCUT2D eigenvalue weighted by atomic mass is 9.86. The van der Waals surface area contributed by atoms with E-state index in [2.05, 4.69) is 37.9 Å². The minimum absolute atomic E-state index is 0.405. The fourth-order valence-corrected chi connectivity index (χ4v) is 4.06. The van der Waals surface area contributed by atoms with Crippen LogP contribution in [0, 0.1) is 12.8 Å². The lowest BCUT2D eigenvalue weighted by molar-refractivity contribution is 0.128. The zero-order valence-corrected chi connectivity index (χ0v) is 12.7. The summed E-state index contributed by atoms with van der Waals surface area (Å²) in [5, 5.41) is 0. The van der Waals surface area contributed by atoms with E-state index in [1.807, 2.05) is 11.3 Å². The quantitative estimate of drug-likeness (QED) is 0.903. The molecule has 0 spiro atoms. The number of nitrogens with zero attached hydrogens (tertiary/aromatic N) is 1. The van der Waals surface area contributed by atoms with Gasteiger partial charge in [0, 0.05) is 22.3 Å². The molecular weight excluding hydrogens is 240 g/mol. The van der Waals surface area contributed by atoms with Gasteiger partial charge in [-0.2, -0.15) is 0 Å². The van der Waals surface area contributed by atoms with Gasteiger partial charge in [0.15, 0.2) is 0 Å². The topological polar surface area (TPSA) is 29.3 Å². The van der Waals surface area contributed by atoms with Crippen LogP contribution in [-0.4, -0.2) is 24.5 Å². The van der Waals surface area contributed by atoms with E-state index < -0.39 is 0 Å². The van der Waals surface area contributed by atoms with Crippen LogP contribution in [0.5, 0.6) is 0 Å². The first-order chi connectivity index (χ1) is 8.61. The summed E-state index contributed by atoms with van der Waals surface area (Å²) in [7, 11) is 2.26. The van der Waals surface area contributed by atoms with Gasteiger partial charge in [-0.1, -0.05) is 6.92 Å². The number of hydrogen-bond donors (Lipinski definition) is 1. The Labute approximate surface area is 115 Å². The average Bonchev–Trinajstić information content (AvgIpc) is 2.77. The number of hydrogen-bond acceptors (Lipinski definition) is 3. The second kappa shape index (κ2) is 6.18. The van der Waals surface area contributed by atoms with Crippen LogP contribution < -0.4 is 5.73 Å². The SMILES string of the molecule is Cc1ccc(C(CN)N(C)C2CCC(C)CC2)s1. The van der Waals surface area contributed by atoms with Crippen LogP contribution >= 0.6 is 11.3 Å². The molecule has 3 heteroatoms. The van der Waals surface area contributed by atoms with Crippen molar-refractivity contribution in [2.24, 2.45) is 11.7 Å². The Morgan fingerprint density at radius 3 is 2.50 bits per heavy atom. The van der Waals surface area contributed by atoms with E-state index in [1.165, 1.54) is 35.4 Å².